The summed E-state index contributed by atoms with van der Waals surface area (Å²) in [6, 6.07) is 87.5. The molecule has 2 spiro atoms. The van der Waals surface area contributed by atoms with Crippen LogP contribution in [0.1, 0.15) is 68.1 Å². The lowest BCUT2D eigenvalue weighted by atomic mass is 9.69. The topological polar surface area (TPSA) is 35.9 Å². The van der Waals surface area contributed by atoms with E-state index in [0.717, 1.165) is 16.8 Å². The summed E-state index contributed by atoms with van der Waals surface area (Å²) in [5, 5.41) is 13.2. The third kappa shape index (κ3) is 5.18. The Labute approximate surface area is 391 Å². The van der Waals surface area contributed by atoms with Crippen LogP contribution < -0.4 is 5.32 Å². The van der Waals surface area contributed by atoms with Gasteiger partial charge >= 0.3 is 0 Å². The van der Waals surface area contributed by atoms with Gasteiger partial charge in [0.25, 0.3) is 0 Å². The predicted molar refractivity (Wildman–Crippen MR) is 275 cm³/mol. The normalized spacial score (nSPS) is 16.0. The van der Waals surface area contributed by atoms with E-state index in [1.165, 1.54) is 100 Å². The van der Waals surface area contributed by atoms with E-state index in [4.69, 9.17) is 0 Å². The number of rotatable bonds is 7. The van der Waals surface area contributed by atoms with Gasteiger partial charge in [0.2, 0.25) is 0 Å². The molecule has 314 valence electrons. The van der Waals surface area contributed by atoms with Crippen molar-refractivity contribution in [3.8, 4) is 55.6 Å². The molecule has 0 aliphatic heterocycles. The average Bonchev–Trinajstić information content (AvgIpc) is 4.07. The minimum Gasteiger partial charge on any atom is -0.378 e. The molecule has 2 N–H and O–H groups in total. The van der Waals surface area contributed by atoms with Gasteiger partial charge in [-0.1, -0.05) is 212 Å². The first-order valence-electron chi connectivity index (χ1n) is 23.5. The first-order valence-corrected chi connectivity index (χ1v) is 23.5. The van der Waals surface area contributed by atoms with E-state index in [1.54, 1.807) is 0 Å². The van der Waals surface area contributed by atoms with Gasteiger partial charge in [-0.25, -0.2) is 0 Å². The SMILES string of the molecule is N=C(CC(Nc1ccccc1)c1ccc2c(c1)C1(c3ccccc3-c3ccc(-c4ccc5c(c4)C4(c6ccccc6-c6ccccc64)c4ccccc4-5)cc31)c1ccccc1-2)c1ccccc1. The molecule has 4 aliphatic carbocycles. The van der Waals surface area contributed by atoms with Gasteiger partial charge in [0, 0.05) is 17.8 Å². The highest BCUT2D eigenvalue weighted by atomic mass is 14.9. The molecule has 2 heteroatoms. The van der Waals surface area contributed by atoms with Crippen molar-refractivity contribution in [3.05, 3.63) is 292 Å². The minimum absolute atomic E-state index is 0.141. The zero-order valence-corrected chi connectivity index (χ0v) is 36.8. The monoisotopic (exact) mass is 852 g/mol. The van der Waals surface area contributed by atoms with Crippen LogP contribution in [0.15, 0.2) is 237 Å². The minimum atomic E-state index is -0.550. The van der Waals surface area contributed by atoms with Crippen molar-refractivity contribution in [2.45, 2.75) is 23.3 Å². The maximum Gasteiger partial charge on any atom is 0.0725 e. The van der Waals surface area contributed by atoms with Crippen LogP contribution >= 0.6 is 0 Å². The Balaban J connectivity index is 0.970. The van der Waals surface area contributed by atoms with Crippen molar-refractivity contribution in [2.24, 2.45) is 0 Å². The van der Waals surface area contributed by atoms with E-state index in [2.05, 4.69) is 212 Å². The molecule has 2 nitrogen and oxygen atoms in total. The summed E-state index contributed by atoms with van der Waals surface area (Å²) in [5.41, 5.74) is 26.2. The van der Waals surface area contributed by atoms with Crippen LogP contribution in [0.5, 0.6) is 0 Å². The summed E-state index contributed by atoms with van der Waals surface area (Å²) in [7, 11) is 0. The molecule has 2 unspecified atom stereocenters. The number of para-hydroxylation sites is 1. The maximum absolute atomic E-state index is 9.36. The molecule has 0 saturated carbocycles. The molecule has 0 aromatic heterocycles. The van der Waals surface area contributed by atoms with Crippen LogP contribution in [0.4, 0.5) is 5.69 Å². The van der Waals surface area contributed by atoms with Gasteiger partial charge in [0.05, 0.1) is 16.9 Å². The van der Waals surface area contributed by atoms with Crippen molar-refractivity contribution in [1.29, 1.82) is 5.41 Å². The lowest BCUT2D eigenvalue weighted by Crippen LogP contribution is -2.26. The smallest absolute Gasteiger partial charge is 0.0725 e. The fourth-order valence-corrected chi connectivity index (χ4v) is 12.8. The quantitative estimate of drug-likeness (QED) is 0.154. The van der Waals surface area contributed by atoms with Gasteiger partial charge < -0.3 is 10.7 Å². The Hall–Kier alpha value is -8.33. The molecule has 0 radical (unpaired) electrons. The molecular weight excluding hydrogens is 809 g/mol. The molecule has 10 aromatic carbocycles. The van der Waals surface area contributed by atoms with Gasteiger partial charge in [-0.05, 0) is 136 Å². The molecule has 0 saturated heterocycles. The molecule has 0 fully saturated rings. The largest absolute Gasteiger partial charge is 0.378 e. The van der Waals surface area contributed by atoms with Crippen molar-refractivity contribution in [3.63, 3.8) is 0 Å². The first kappa shape index (κ1) is 38.0. The summed E-state index contributed by atoms with van der Waals surface area (Å²) in [4.78, 5) is 0. The van der Waals surface area contributed by atoms with E-state index in [0.29, 0.717) is 12.1 Å². The summed E-state index contributed by atoms with van der Waals surface area (Å²) >= 11 is 0. The number of fused-ring (bicyclic) bond motifs is 20. The number of hydrogen-bond acceptors (Lipinski definition) is 2. The highest BCUT2D eigenvalue weighted by molar-refractivity contribution is 6.00. The fourth-order valence-electron chi connectivity index (χ4n) is 12.8. The molecule has 10 aromatic rings. The predicted octanol–water partition coefficient (Wildman–Crippen LogP) is 15.7. The van der Waals surface area contributed by atoms with Crippen LogP contribution in [-0.2, 0) is 10.8 Å². The van der Waals surface area contributed by atoms with Gasteiger partial charge in [-0.3, -0.25) is 0 Å². The number of nitrogens with one attached hydrogen (secondary N) is 2. The standard InChI is InChI=1S/C65H44N2/c66-62(41-17-3-1-4-18-41)40-63(67-45-19-5-2-6-20-45)44-33-36-53-50-25-11-16-30-58(50)65(61(53)39-44)57-29-15-10-24-49(57)52-35-32-43(38-60(52)65)42-31-34-51-48-23-9-14-28-56(48)64(59(51)37-42)54-26-12-7-21-46(54)47-22-8-13-27-55(47)64/h1-39,63,66-67H,40H2. The van der Waals surface area contributed by atoms with Crippen LogP contribution in [0.2, 0.25) is 0 Å². The van der Waals surface area contributed by atoms with Gasteiger partial charge in [-0.2, -0.15) is 0 Å². The second-order valence-corrected chi connectivity index (χ2v) is 18.7. The number of anilines is 1. The van der Waals surface area contributed by atoms with Crippen molar-refractivity contribution >= 4 is 11.4 Å². The fraction of sp³-hybridized carbons (Fsp3) is 0.0615. The van der Waals surface area contributed by atoms with E-state index in [1.807, 2.05) is 30.3 Å². The third-order valence-corrected chi connectivity index (χ3v) is 15.5. The lowest BCUT2D eigenvalue weighted by Gasteiger charge is -2.32. The van der Waals surface area contributed by atoms with E-state index >= 15 is 0 Å². The second-order valence-electron chi connectivity index (χ2n) is 18.7. The highest BCUT2D eigenvalue weighted by Gasteiger charge is 2.53. The first-order chi connectivity index (χ1) is 33.1. The molecule has 0 heterocycles. The zero-order chi connectivity index (χ0) is 44.3. The Morgan fingerprint density at radius 3 is 1.13 bits per heavy atom. The highest BCUT2D eigenvalue weighted by Crippen LogP contribution is 2.65. The molecule has 67 heavy (non-hydrogen) atoms. The molecule has 0 bridgehead atoms. The maximum atomic E-state index is 9.36. The van der Waals surface area contributed by atoms with Gasteiger partial charge in [0.1, 0.15) is 0 Å². The number of benzene rings is 10. The molecular formula is C65H44N2. The van der Waals surface area contributed by atoms with Gasteiger partial charge in [0.15, 0.2) is 0 Å². The average molecular weight is 853 g/mol. The van der Waals surface area contributed by atoms with E-state index in [9.17, 15) is 5.41 Å². The van der Waals surface area contributed by atoms with Gasteiger partial charge in [-0.15, -0.1) is 0 Å². The van der Waals surface area contributed by atoms with E-state index < -0.39 is 10.8 Å². The number of hydrogen-bond donors (Lipinski definition) is 2. The third-order valence-electron chi connectivity index (χ3n) is 15.5. The Bertz CT molecular complexity index is 3600. The van der Waals surface area contributed by atoms with Crippen molar-refractivity contribution in [1.82, 2.24) is 0 Å². The van der Waals surface area contributed by atoms with Crippen molar-refractivity contribution in [2.75, 3.05) is 5.32 Å². The lowest BCUT2D eigenvalue weighted by molar-refractivity contribution is 0.777. The second kappa shape index (κ2) is 14.3. The summed E-state index contributed by atoms with van der Waals surface area (Å²) in [6.07, 6.45) is 0.535. The summed E-state index contributed by atoms with van der Waals surface area (Å²) in [6.45, 7) is 0. The van der Waals surface area contributed by atoms with Crippen LogP contribution in [0.25, 0.3) is 55.6 Å². The Morgan fingerprint density at radius 2 is 0.687 bits per heavy atom. The summed E-state index contributed by atoms with van der Waals surface area (Å²) in [5.74, 6) is 0. The van der Waals surface area contributed by atoms with Crippen LogP contribution in [0.3, 0.4) is 0 Å². The molecule has 2 atom stereocenters. The molecule has 0 amide bonds. The summed E-state index contributed by atoms with van der Waals surface area (Å²) < 4.78 is 0. The Morgan fingerprint density at radius 1 is 0.343 bits per heavy atom. The van der Waals surface area contributed by atoms with Crippen LogP contribution in [0, 0.1) is 5.41 Å². The molecule has 14 rings (SSSR count). The van der Waals surface area contributed by atoms with E-state index in [-0.39, 0.29) is 6.04 Å². The zero-order valence-electron chi connectivity index (χ0n) is 36.8. The van der Waals surface area contributed by atoms with Crippen LogP contribution in [-0.4, -0.2) is 5.71 Å². The Kier molecular flexibility index (Phi) is 8.13. The van der Waals surface area contributed by atoms with Crippen molar-refractivity contribution < 1.29 is 0 Å². The molecule has 4 aliphatic rings.